The van der Waals surface area contributed by atoms with Crippen LogP contribution < -0.4 is 10.6 Å². The van der Waals surface area contributed by atoms with Crippen LogP contribution in [0.15, 0.2) is 64.6 Å². The highest BCUT2D eigenvalue weighted by Crippen LogP contribution is 2.33. The number of amides is 1. The number of anilines is 1. The highest BCUT2D eigenvalue weighted by molar-refractivity contribution is 7.90. The zero-order chi connectivity index (χ0) is 32.6. The van der Waals surface area contributed by atoms with Crippen molar-refractivity contribution in [1.82, 2.24) is 29.3 Å². The van der Waals surface area contributed by atoms with E-state index in [4.69, 9.17) is 0 Å². The van der Waals surface area contributed by atoms with E-state index >= 15 is 4.39 Å². The number of piperazine rings is 1. The minimum atomic E-state index is -3.95. The number of aromatic nitrogens is 4. The fourth-order valence-electron chi connectivity index (χ4n) is 5.38. The molecule has 0 radical (unpaired) electrons. The zero-order valence-electron chi connectivity index (χ0n) is 25.5. The Morgan fingerprint density at radius 2 is 1.84 bits per heavy atom. The van der Waals surface area contributed by atoms with E-state index in [0.717, 1.165) is 23.0 Å². The topological polar surface area (TPSA) is 122 Å². The summed E-state index contributed by atoms with van der Waals surface area (Å²) in [5.41, 5.74) is -1.20. The standard InChI is InChI=1S/C31H33F2N7O4S/c1-19-12-13-34-30(45(5,43)44)27(19)40-29-22(17-24(33)26(35-29)21-9-6-7-10-23(21)32)28(36-31(40)42)39-16-15-38(18-20(39)2)25(41)11-8-14-37(3)4/h6-13,17,20H,14-16,18H2,1-5H3/b11-8+/t20-/m0/s1. The van der Waals surface area contributed by atoms with Crippen molar-refractivity contribution in [3.63, 3.8) is 0 Å². The number of benzene rings is 1. The van der Waals surface area contributed by atoms with Crippen LogP contribution >= 0.6 is 0 Å². The molecular formula is C31H33F2N7O4S. The number of nitrogens with zero attached hydrogens (tertiary/aromatic N) is 7. The summed E-state index contributed by atoms with van der Waals surface area (Å²) >= 11 is 0. The van der Waals surface area contributed by atoms with Gasteiger partial charge >= 0.3 is 5.69 Å². The molecule has 4 heterocycles. The maximum Gasteiger partial charge on any atom is 0.355 e. The second-order valence-electron chi connectivity index (χ2n) is 11.3. The van der Waals surface area contributed by atoms with Gasteiger partial charge in [0.15, 0.2) is 20.5 Å². The highest BCUT2D eigenvalue weighted by Gasteiger charge is 2.31. The van der Waals surface area contributed by atoms with Crippen LogP contribution in [-0.2, 0) is 14.6 Å². The van der Waals surface area contributed by atoms with Crippen molar-refractivity contribution in [3.8, 4) is 16.9 Å². The molecule has 11 nitrogen and oxygen atoms in total. The number of carbonyl (C=O) groups excluding carboxylic acids is 1. The minimum absolute atomic E-state index is 0.0828. The van der Waals surface area contributed by atoms with Gasteiger partial charge in [-0.2, -0.15) is 4.98 Å². The molecule has 3 aromatic heterocycles. The number of sulfone groups is 1. The van der Waals surface area contributed by atoms with E-state index in [2.05, 4.69) is 15.0 Å². The first kappa shape index (κ1) is 31.9. The summed E-state index contributed by atoms with van der Waals surface area (Å²) < 4.78 is 57.2. The molecule has 0 bridgehead atoms. The van der Waals surface area contributed by atoms with Gasteiger partial charge in [-0.3, -0.25) is 4.79 Å². The molecule has 1 fully saturated rings. The van der Waals surface area contributed by atoms with Crippen molar-refractivity contribution < 1.29 is 22.0 Å². The predicted octanol–water partition coefficient (Wildman–Crippen LogP) is 2.99. The van der Waals surface area contributed by atoms with E-state index in [0.29, 0.717) is 25.2 Å². The van der Waals surface area contributed by atoms with E-state index in [1.807, 2.05) is 25.9 Å². The lowest BCUT2D eigenvalue weighted by Gasteiger charge is -2.40. The summed E-state index contributed by atoms with van der Waals surface area (Å²) in [5.74, 6) is -1.63. The summed E-state index contributed by atoms with van der Waals surface area (Å²) in [6, 6.07) is 7.83. The van der Waals surface area contributed by atoms with E-state index < -0.39 is 27.2 Å². The van der Waals surface area contributed by atoms with Gasteiger partial charge < -0.3 is 14.7 Å². The number of likely N-dealkylation sites (N-methyl/N-ethyl adjacent to an activating group) is 1. The van der Waals surface area contributed by atoms with Gasteiger partial charge in [-0.15, -0.1) is 0 Å². The first-order chi connectivity index (χ1) is 21.3. The van der Waals surface area contributed by atoms with Gasteiger partial charge in [-0.05, 0) is 57.8 Å². The molecule has 1 aliphatic heterocycles. The van der Waals surface area contributed by atoms with Crippen LogP contribution in [0.25, 0.3) is 28.0 Å². The van der Waals surface area contributed by atoms with Crippen molar-refractivity contribution >= 4 is 32.6 Å². The first-order valence-electron chi connectivity index (χ1n) is 14.2. The number of hydrogen-bond acceptors (Lipinski definition) is 9. The van der Waals surface area contributed by atoms with Crippen LogP contribution in [0.3, 0.4) is 0 Å². The largest absolute Gasteiger partial charge is 0.355 e. The zero-order valence-corrected chi connectivity index (χ0v) is 26.3. The summed E-state index contributed by atoms with van der Waals surface area (Å²) in [7, 11) is -0.152. The molecule has 1 aliphatic rings. The van der Waals surface area contributed by atoms with Gasteiger partial charge in [0.25, 0.3) is 0 Å². The monoisotopic (exact) mass is 637 g/mol. The van der Waals surface area contributed by atoms with Crippen LogP contribution in [0.2, 0.25) is 0 Å². The summed E-state index contributed by atoms with van der Waals surface area (Å²) in [6.07, 6.45) is 5.57. The molecule has 0 saturated carbocycles. The second kappa shape index (κ2) is 12.4. The smallest absolute Gasteiger partial charge is 0.350 e. The Balaban J connectivity index is 1.71. The molecule has 0 spiro atoms. The van der Waals surface area contributed by atoms with Gasteiger partial charge in [-0.1, -0.05) is 18.2 Å². The Bertz CT molecular complexity index is 2000. The second-order valence-corrected chi connectivity index (χ2v) is 13.2. The van der Waals surface area contributed by atoms with Crippen LogP contribution in [0.5, 0.6) is 0 Å². The lowest BCUT2D eigenvalue weighted by atomic mass is 10.1. The third-order valence-electron chi connectivity index (χ3n) is 7.54. The van der Waals surface area contributed by atoms with Crippen LogP contribution in [0.1, 0.15) is 12.5 Å². The van der Waals surface area contributed by atoms with E-state index in [1.165, 1.54) is 36.5 Å². The van der Waals surface area contributed by atoms with Crippen LogP contribution in [0, 0.1) is 18.6 Å². The summed E-state index contributed by atoms with van der Waals surface area (Å²) in [4.78, 5) is 44.9. The predicted molar refractivity (Wildman–Crippen MR) is 167 cm³/mol. The third kappa shape index (κ3) is 6.33. The highest BCUT2D eigenvalue weighted by atomic mass is 32.2. The Morgan fingerprint density at radius 3 is 2.51 bits per heavy atom. The Labute approximate surface area is 259 Å². The normalized spacial score (nSPS) is 15.9. The van der Waals surface area contributed by atoms with Gasteiger partial charge in [-0.25, -0.2) is 36.5 Å². The molecule has 45 heavy (non-hydrogen) atoms. The molecule has 0 N–H and O–H groups in total. The molecule has 0 unspecified atom stereocenters. The number of aryl methyl sites for hydroxylation is 1. The Hall–Kier alpha value is -4.56. The van der Waals surface area contributed by atoms with Gasteiger partial charge in [0.1, 0.15) is 23.1 Å². The molecular weight excluding hydrogens is 604 g/mol. The molecule has 4 aromatic rings. The molecule has 1 aromatic carbocycles. The molecule has 0 aliphatic carbocycles. The molecule has 14 heteroatoms. The SMILES string of the molecule is Cc1ccnc(S(C)(=O)=O)c1-n1c(=O)nc(N2CCN(C(=O)/C=C/CN(C)C)C[C@@H]2C)c2cc(F)c(-c3ccccc3F)nc21. The number of fused-ring (bicyclic) bond motifs is 1. The van der Waals surface area contributed by atoms with E-state index in [-0.39, 0.29) is 57.3 Å². The fraction of sp³-hybridized carbons (Fsp3) is 0.323. The first-order valence-corrected chi connectivity index (χ1v) is 16.1. The van der Waals surface area contributed by atoms with Gasteiger partial charge in [0.05, 0.1) is 11.1 Å². The minimum Gasteiger partial charge on any atom is -0.350 e. The maximum absolute atomic E-state index is 15.8. The van der Waals surface area contributed by atoms with Crippen molar-refractivity contribution in [2.75, 3.05) is 51.4 Å². The lowest BCUT2D eigenvalue weighted by molar-refractivity contribution is -0.126. The molecule has 1 amide bonds. The number of hydrogen-bond donors (Lipinski definition) is 0. The Kier molecular flexibility index (Phi) is 8.81. The van der Waals surface area contributed by atoms with E-state index in [9.17, 15) is 22.4 Å². The van der Waals surface area contributed by atoms with Crippen LogP contribution in [-0.4, -0.2) is 96.2 Å². The molecule has 1 atom stereocenters. The molecule has 5 rings (SSSR count). The molecule has 1 saturated heterocycles. The average Bonchev–Trinajstić information content (AvgIpc) is 2.97. The summed E-state index contributed by atoms with van der Waals surface area (Å²) in [6.45, 7) is 4.96. The van der Waals surface area contributed by atoms with Crippen molar-refractivity contribution in [3.05, 3.63) is 82.4 Å². The van der Waals surface area contributed by atoms with Gasteiger partial charge in [0, 0.05) is 56.3 Å². The lowest BCUT2D eigenvalue weighted by Crippen LogP contribution is -2.54. The number of carbonyl (C=O) groups is 1. The fourth-order valence-corrected chi connectivity index (χ4v) is 6.24. The third-order valence-corrected chi connectivity index (χ3v) is 8.54. The molecule has 236 valence electrons. The van der Waals surface area contributed by atoms with Gasteiger partial charge in [0.2, 0.25) is 5.91 Å². The maximum atomic E-state index is 15.8. The van der Waals surface area contributed by atoms with E-state index in [1.54, 1.807) is 22.8 Å². The summed E-state index contributed by atoms with van der Waals surface area (Å²) in [5, 5.41) is -0.283. The quantitative estimate of drug-likeness (QED) is 0.282. The van der Waals surface area contributed by atoms with Crippen LogP contribution in [0.4, 0.5) is 14.6 Å². The van der Waals surface area contributed by atoms with Crippen molar-refractivity contribution in [1.29, 1.82) is 0 Å². The number of pyridine rings is 2. The number of halogens is 2. The van der Waals surface area contributed by atoms with Crippen molar-refractivity contribution in [2.24, 2.45) is 0 Å². The average molecular weight is 638 g/mol. The van der Waals surface area contributed by atoms with Crippen molar-refractivity contribution in [2.45, 2.75) is 24.9 Å². The number of rotatable bonds is 7. The Morgan fingerprint density at radius 1 is 1.11 bits per heavy atom.